The van der Waals surface area contributed by atoms with Gasteiger partial charge in [-0.2, -0.15) is 0 Å². The number of aromatic nitrogens is 2. The molecule has 1 aromatic heterocycles. The minimum atomic E-state index is -0.836. The zero-order valence-corrected chi connectivity index (χ0v) is 12.9. The van der Waals surface area contributed by atoms with Crippen LogP contribution in [0.25, 0.3) is 5.70 Å². The van der Waals surface area contributed by atoms with Crippen LogP contribution in [0.1, 0.15) is 20.3 Å². The van der Waals surface area contributed by atoms with Gasteiger partial charge in [-0.25, -0.2) is 0 Å². The van der Waals surface area contributed by atoms with E-state index in [0.717, 1.165) is 5.70 Å². The molecule has 4 heteroatoms. The van der Waals surface area contributed by atoms with Crippen LogP contribution in [0.4, 0.5) is 0 Å². The minimum absolute atomic E-state index is 0.194. The van der Waals surface area contributed by atoms with E-state index in [1.165, 1.54) is 4.46 Å². The van der Waals surface area contributed by atoms with E-state index in [2.05, 4.69) is 22.1 Å². The molecule has 19 heavy (non-hydrogen) atoms. The third-order valence-electron chi connectivity index (χ3n) is 3.07. The molecule has 0 spiro atoms. The van der Waals surface area contributed by atoms with E-state index in [1.54, 1.807) is 12.5 Å². The number of benzene rings is 1. The Bertz CT molecular complexity index is 533. The van der Waals surface area contributed by atoms with Gasteiger partial charge in [-0.3, -0.25) is 0 Å². The summed E-state index contributed by atoms with van der Waals surface area (Å²) in [7, 11) is 0. The molecule has 1 unspecified atom stereocenters. The molecule has 0 aliphatic carbocycles. The molecule has 0 aliphatic rings. The molecule has 0 aliphatic heterocycles. The summed E-state index contributed by atoms with van der Waals surface area (Å²) in [6.45, 7) is 3.83. The summed E-state index contributed by atoms with van der Waals surface area (Å²) in [5, 5.41) is 10.5. The zero-order valence-electron chi connectivity index (χ0n) is 11.2. The molecule has 0 saturated heterocycles. The molecule has 1 N–H and O–H groups in total. The predicted molar refractivity (Wildman–Crippen MR) is 79.2 cm³/mol. The number of nitrogens with zero attached hydrogens (tertiary/aromatic N) is 2. The second-order valence-corrected chi connectivity index (χ2v) is 6.51. The van der Waals surface area contributed by atoms with Crippen LogP contribution in [-0.2, 0) is 0 Å². The average molecular weight is 321 g/mol. The maximum atomic E-state index is 10.5. The summed E-state index contributed by atoms with van der Waals surface area (Å²) in [6.07, 6.45) is 6.01. The van der Waals surface area contributed by atoms with Gasteiger partial charge in [-0.1, -0.05) is 0 Å². The quantitative estimate of drug-likeness (QED) is 0.854. The Morgan fingerprint density at radius 1 is 1.42 bits per heavy atom. The van der Waals surface area contributed by atoms with Crippen molar-refractivity contribution in [1.29, 1.82) is 0 Å². The van der Waals surface area contributed by atoms with Gasteiger partial charge < -0.3 is 0 Å². The molecule has 0 bridgehead atoms. The fraction of sp³-hybridized carbons (Fsp3) is 0.267. The van der Waals surface area contributed by atoms with Crippen LogP contribution in [0.3, 0.4) is 0 Å². The maximum absolute atomic E-state index is 10.5. The fourth-order valence-electron chi connectivity index (χ4n) is 1.67. The van der Waals surface area contributed by atoms with Crippen molar-refractivity contribution in [3.63, 3.8) is 0 Å². The van der Waals surface area contributed by atoms with E-state index < -0.39 is 5.60 Å². The Hall–Kier alpha value is -1.35. The summed E-state index contributed by atoms with van der Waals surface area (Å²) in [5.41, 5.74) is 0.0633. The molecule has 0 saturated carbocycles. The number of rotatable bonds is 5. The Balaban J connectivity index is 2.28. The summed E-state index contributed by atoms with van der Waals surface area (Å²) in [6, 6.07) is 10.3. The summed E-state index contributed by atoms with van der Waals surface area (Å²) in [5.74, 6) is 0. The van der Waals surface area contributed by atoms with Crippen molar-refractivity contribution in [3.05, 3.63) is 54.0 Å². The van der Waals surface area contributed by atoms with Crippen molar-refractivity contribution in [3.8, 4) is 0 Å². The first kappa shape index (κ1) is 14.1. The van der Waals surface area contributed by atoms with Crippen LogP contribution >= 0.6 is 0 Å². The van der Waals surface area contributed by atoms with Crippen LogP contribution < -0.4 is 4.46 Å². The van der Waals surface area contributed by atoms with Crippen molar-refractivity contribution in [2.24, 2.45) is 0 Å². The fourth-order valence-corrected chi connectivity index (χ4v) is 3.64. The molecule has 2 aromatic rings. The van der Waals surface area contributed by atoms with Gasteiger partial charge in [0.05, 0.1) is 0 Å². The van der Waals surface area contributed by atoms with Gasteiger partial charge >= 0.3 is 120 Å². The number of hydrogen-bond acceptors (Lipinski definition) is 2. The van der Waals surface area contributed by atoms with E-state index in [4.69, 9.17) is 0 Å². The molecule has 1 atom stereocenters. The van der Waals surface area contributed by atoms with Gasteiger partial charge in [0.15, 0.2) is 0 Å². The molecule has 0 fully saturated rings. The monoisotopic (exact) mass is 322 g/mol. The third kappa shape index (κ3) is 3.57. The van der Waals surface area contributed by atoms with Gasteiger partial charge in [0.2, 0.25) is 0 Å². The Labute approximate surface area is 120 Å². The van der Waals surface area contributed by atoms with Gasteiger partial charge in [0.25, 0.3) is 0 Å². The molecular formula is C15H18N2OSe. The van der Waals surface area contributed by atoms with E-state index >= 15 is 0 Å². The van der Waals surface area contributed by atoms with E-state index in [0.29, 0.717) is 6.42 Å². The molecule has 0 radical (unpaired) electrons. The first-order valence-corrected chi connectivity index (χ1v) is 8.11. The van der Waals surface area contributed by atoms with Crippen LogP contribution in [0, 0.1) is 0 Å². The SMILES string of the molecule is CCC(C)(O)/C(=C/[Se]c1ccccc1)n1ccnc1. The van der Waals surface area contributed by atoms with Crippen molar-refractivity contribution in [1.82, 2.24) is 9.55 Å². The van der Waals surface area contributed by atoms with E-state index in [1.807, 2.05) is 42.8 Å². The molecule has 3 nitrogen and oxygen atoms in total. The van der Waals surface area contributed by atoms with E-state index in [-0.39, 0.29) is 15.0 Å². The first-order chi connectivity index (χ1) is 9.13. The summed E-state index contributed by atoms with van der Waals surface area (Å²) in [4.78, 5) is 6.20. The summed E-state index contributed by atoms with van der Waals surface area (Å²) >= 11 is 0.194. The van der Waals surface area contributed by atoms with Crippen LogP contribution in [0.2, 0.25) is 0 Å². The Kier molecular flexibility index (Phi) is 4.59. The second kappa shape index (κ2) is 6.20. The van der Waals surface area contributed by atoms with Crippen LogP contribution in [0.15, 0.2) is 54.0 Å². The summed E-state index contributed by atoms with van der Waals surface area (Å²) < 4.78 is 3.19. The third-order valence-corrected chi connectivity index (χ3v) is 4.93. The molecule has 100 valence electrons. The number of aliphatic hydroxyl groups is 1. The van der Waals surface area contributed by atoms with Gasteiger partial charge in [-0.05, 0) is 0 Å². The van der Waals surface area contributed by atoms with Crippen LogP contribution in [0.5, 0.6) is 0 Å². The molecule has 1 aromatic carbocycles. The number of hydrogen-bond donors (Lipinski definition) is 1. The van der Waals surface area contributed by atoms with Crippen molar-refractivity contribution in [2.45, 2.75) is 25.9 Å². The molecule has 1 heterocycles. The normalized spacial score (nSPS) is 15.2. The Morgan fingerprint density at radius 2 is 2.16 bits per heavy atom. The Morgan fingerprint density at radius 3 is 2.74 bits per heavy atom. The number of imidazole rings is 1. The van der Waals surface area contributed by atoms with Crippen molar-refractivity contribution < 1.29 is 5.11 Å². The molecule has 0 amide bonds. The van der Waals surface area contributed by atoms with Crippen molar-refractivity contribution in [2.75, 3.05) is 0 Å². The van der Waals surface area contributed by atoms with Crippen molar-refractivity contribution >= 4 is 25.1 Å². The molecule has 2 rings (SSSR count). The average Bonchev–Trinajstić information content (AvgIpc) is 2.94. The second-order valence-electron chi connectivity index (χ2n) is 4.53. The zero-order chi connectivity index (χ0) is 13.7. The topological polar surface area (TPSA) is 38.0 Å². The predicted octanol–water partition coefficient (Wildman–Crippen LogP) is 1.87. The van der Waals surface area contributed by atoms with Crippen LogP contribution in [-0.4, -0.2) is 35.2 Å². The van der Waals surface area contributed by atoms with Gasteiger partial charge in [0.1, 0.15) is 0 Å². The van der Waals surface area contributed by atoms with Gasteiger partial charge in [-0.15, -0.1) is 0 Å². The van der Waals surface area contributed by atoms with Gasteiger partial charge in [0, 0.05) is 0 Å². The molecular weight excluding hydrogens is 303 g/mol. The van der Waals surface area contributed by atoms with E-state index in [9.17, 15) is 5.11 Å². The first-order valence-electron chi connectivity index (χ1n) is 6.26. The standard InChI is InChI=1S/C15H18N2OSe/c1-3-15(2,18)14(17-10-9-16-12-17)11-19-13-7-5-4-6-8-13/h4-12,18H,3H2,1-2H3/b14-11-.